The van der Waals surface area contributed by atoms with Crippen molar-refractivity contribution in [3.8, 4) is 5.75 Å². The average Bonchev–Trinajstić information content (AvgIpc) is 3.31. The van der Waals surface area contributed by atoms with Gasteiger partial charge in [0, 0.05) is 26.1 Å². The molecule has 0 spiro atoms. The highest BCUT2D eigenvalue weighted by molar-refractivity contribution is 6.33. The lowest BCUT2D eigenvalue weighted by Crippen LogP contribution is -2.36. The maximum Gasteiger partial charge on any atom is 0.306 e. The molecule has 38 heavy (non-hydrogen) atoms. The van der Waals surface area contributed by atoms with Crippen LogP contribution in [0, 0.1) is 0 Å². The van der Waals surface area contributed by atoms with Gasteiger partial charge in [0.25, 0.3) is 5.91 Å². The third-order valence-corrected chi connectivity index (χ3v) is 7.38. The summed E-state index contributed by atoms with van der Waals surface area (Å²) in [7, 11) is 3.43. The van der Waals surface area contributed by atoms with E-state index in [-0.39, 0.29) is 24.2 Å². The molecule has 1 aromatic heterocycles. The molecule has 2 heterocycles. The molecule has 0 N–H and O–H groups in total. The SMILES string of the molecule is CCOC(=O)CC(c1cc(OC)c2c(c1)nnn2C)c1cccc2c1CCN(C(=O)c1ccccc1Cl)C2. The number of hydrogen-bond acceptors (Lipinski definition) is 6. The molecule has 3 aromatic carbocycles. The zero-order valence-electron chi connectivity index (χ0n) is 21.6. The Labute approximate surface area is 226 Å². The summed E-state index contributed by atoms with van der Waals surface area (Å²) in [4.78, 5) is 27.8. The Morgan fingerprint density at radius 1 is 1.13 bits per heavy atom. The van der Waals surface area contributed by atoms with Gasteiger partial charge in [-0.2, -0.15) is 0 Å². The van der Waals surface area contributed by atoms with Gasteiger partial charge in [-0.3, -0.25) is 9.59 Å². The van der Waals surface area contributed by atoms with Crippen molar-refractivity contribution in [2.24, 2.45) is 7.05 Å². The molecule has 1 aliphatic rings. The number of amides is 1. The minimum Gasteiger partial charge on any atom is -0.494 e. The first-order chi connectivity index (χ1) is 18.4. The van der Waals surface area contributed by atoms with E-state index in [4.69, 9.17) is 21.1 Å². The van der Waals surface area contributed by atoms with E-state index in [2.05, 4.69) is 16.4 Å². The van der Waals surface area contributed by atoms with Crippen LogP contribution in [0.5, 0.6) is 5.75 Å². The number of nitrogens with zero attached hydrogens (tertiary/aromatic N) is 4. The minimum atomic E-state index is -0.282. The smallest absolute Gasteiger partial charge is 0.306 e. The van der Waals surface area contributed by atoms with Crippen molar-refractivity contribution < 1.29 is 19.1 Å². The van der Waals surface area contributed by atoms with Crippen LogP contribution >= 0.6 is 11.6 Å². The second-order valence-electron chi connectivity index (χ2n) is 9.31. The van der Waals surface area contributed by atoms with Crippen molar-refractivity contribution in [3.63, 3.8) is 0 Å². The molecule has 0 saturated carbocycles. The monoisotopic (exact) mass is 532 g/mol. The normalized spacial score (nSPS) is 13.7. The lowest BCUT2D eigenvalue weighted by atomic mass is 9.82. The first-order valence-electron chi connectivity index (χ1n) is 12.6. The number of carbonyl (C=O) groups excluding carboxylic acids is 2. The van der Waals surface area contributed by atoms with Gasteiger partial charge in [0.1, 0.15) is 16.8 Å². The number of aromatic nitrogens is 3. The Morgan fingerprint density at radius 2 is 1.95 bits per heavy atom. The number of esters is 1. The molecular formula is C29H29ClN4O4. The summed E-state index contributed by atoms with van der Waals surface area (Å²) in [6.45, 7) is 3.12. The molecule has 0 saturated heterocycles. The van der Waals surface area contributed by atoms with E-state index < -0.39 is 0 Å². The van der Waals surface area contributed by atoms with Crippen molar-refractivity contribution in [2.45, 2.75) is 32.2 Å². The molecule has 1 atom stereocenters. The standard InChI is InChI=1S/C29H29ClN4O4/c1-4-38-27(35)16-23(19-14-25-28(26(15-19)37-3)33(2)32-31-25)21-10-7-8-18-17-34(13-12-20(18)21)29(36)22-9-5-6-11-24(22)30/h5-11,14-15,23H,4,12-13,16-17H2,1-3H3. The summed E-state index contributed by atoms with van der Waals surface area (Å²) in [6, 6.07) is 17.1. The average molecular weight is 533 g/mol. The molecule has 1 amide bonds. The van der Waals surface area contributed by atoms with Crippen LogP contribution in [-0.2, 0) is 29.5 Å². The van der Waals surface area contributed by atoms with Gasteiger partial charge in [-0.05, 0) is 59.9 Å². The van der Waals surface area contributed by atoms with Gasteiger partial charge in [-0.15, -0.1) is 5.10 Å². The Balaban J connectivity index is 1.54. The van der Waals surface area contributed by atoms with Gasteiger partial charge in [0.2, 0.25) is 0 Å². The fraction of sp³-hybridized carbons (Fsp3) is 0.310. The zero-order valence-corrected chi connectivity index (χ0v) is 22.4. The maximum absolute atomic E-state index is 13.2. The summed E-state index contributed by atoms with van der Waals surface area (Å²) in [5.41, 5.74) is 6.10. The molecular weight excluding hydrogens is 504 g/mol. The van der Waals surface area contributed by atoms with Crippen LogP contribution in [0.3, 0.4) is 0 Å². The van der Waals surface area contributed by atoms with Crippen molar-refractivity contribution in [1.29, 1.82) is 0 Å². The summed E-state index contributed by atoms with van der Waals surface area (Å²) in [6.07, 6.45) is 0.826. The molecule has 8 nitrogen and oxygen atoms in total. The highest BCUT2D eigenvalue weighted by atomic mass is 35.5. The van der Waals surface area contributed by atoms with E-state index >= 15 is 0 Å². The van der Waals surface area contributed by atoms with Crippen molar-refractivity contribution in [2.75, 3.05) is 20.3 Å². The predicted octanol–water partition coefficient (Wildman–Crippen LogP) is 4.91. The second-order valence-corrected chi connectivity index (χ2v) is 9.71. The van der Waals surface area contributed by atoms with Crippen LogP contribution in [0.25, 0.3) is 11.0 Å². The lowest BCUT2D eigenvalue weighted by molar-refractivity contribution is -0.143. The number of rotatable bonds is 7. The molecule has 0 radical (unpaired) electrons. The van der Waals surface area contributed by atoms with Crippen LogP contribution in [0.4, 0.5) is 0 Å². The third kappa shape index (κ3) is 4.84. The minimum absolute atomic E-state index is 0.0902. The number of hydrogen-bond donors (Lipinski definition) is 0. The third-order valence-electron chi connectivity index (χ3n) is 7.05. The summed E-state index contributed by atoms with van der Waals surface area (Å²) >= 11 is 6.30. The molecule has 1 aliphatic heterocycles. The van der Waals surface area contributed by atoms with Gasteiger partial charge < -0.3 is 14.4 Å². The summed E-state index contributed by atoms with van der Waals surface area (Å²) in [5, 5.41) is 8.88. The first-order valence-corrected chi connectivity index (χ1v) is 13.0. The fourth-order valence-corrected chi connectivity index (χ4v) is 5.49. The molecule has 4 aromatic rings. The van der Waals surface area contributed by atoms with Gasteiger partial charge in [0.05, 0.1) is 30.7 Å². The van der Waals surface area contributed by atoms with E-state index in [9.17, 15) is 9.59 Å². The molecule has 0 fully saturated rings. The van der Waals surface area contributed by atoms with Gasteiger partial charge in [-0.25, -0.2) is 4.68 Å². The van der Waals surface area contributed by atoms with E-state index in [1.165, 1.54) is 0 Å². The predicted molar refractivity (Wildman–Crippen MR) is 144 cm³/mol. The number of benzene rings is 3. The lowest BCUT2D eigenvalue weighted by Gasteiger charge is -2.32. The van der Waals surface area contributed by atoms with E-state index in [0.717, 1.165) is 27.8 Å². The van der Waals surface area contributed by atoms with Gasteiger partial charge in [0.15, 0.2) is 0 Å². The van der Waals surface area contributed by atoms with Crippen LogP contribution in [0.2, 0.25) is 5.02 Å². The Bertz CT molecular complexity index is 1520. The van der Waals surface area contributed by atoms with Crippen LogP contribution < -0.4 is 4.74 Å². The largest absolute Gasteiger partial charge is 0.494 e. The fourth-order valence-electron chi connectivity index (χ4n) is 5.27. The van der Waals surface area contributed by atoms with Crippen molar-refractivity contribution >= 4 is 34.5 Å². The second kappa shape index (κ2) is 10.8. The maximum atomic E-state index is 13.2. The Morgan fingerprint density at radius 3 is 2.71 bits per heavy atom. The zero-order chi connectivity index (χ0) is 26.8. The molecule has 0 aliphatic carbocycles. The van der Waals surface area contributed by atoms with E-state index in [1.54, 1.807) is 30.8 Å². The molecule has 196 valence electrons. The summed E-state index contributed by atoms with van der Waals surface area (Å²) in [5.74, 6) is -0.0116. The van der Waals surface area contributed by atoms with Crippen LogP contribution in [0.15, 0.2) is 54.6 Å². The Hall–Kier alpha value is -3.91. The number of halogens is 1. The van der Waals surface area contributed by atoms with E-state index in [0.29, 0.717) is 48.0 Å². The van der Waals surface area contributed by atoms with Crippen LogP contribution in [0.1, 0.15) is 51.9 Å². The highest BCUT2D eigenvalue weighted by Gasteiger charge is 2.29. The van der Waals surface area contributed by atoms with Crippen molar-refractivity contribution in [1.82, 2.24) is 19.9 Å². The van der Waals surface area contributed by atoms with Gasteiger partial charge in [-0.1, -0.05) is 47.1 Å². The summed E-state index contributed by atoms with van der Waals surface area (Å²) < 4.78 is 12.7. The molecule has 0 bridgehead atoms. The highest BCUT2D eigenvalue weighted by Crippen LogP contribution is 2.38. The number of carbonyl (C=O) groups is 2. The van der Waals surface area contributed by atoms with Gasteiger partial charge >= 0.3 is 5.97 Å². The first kappa shape index (κ1) is 25.7. The topological polar surface area (TPSA) is 86.6 Å². The quantitative estimate of drug-likeness (QED) is 0.314. The van der Waals surface area contributed by atoms with Crippen LogP contribution in [-0.4, -0.2) is 52.0 Å². The molecule has 1 unspecified atom stereocenters. The Kier molecular flexibility index (Phi) is 7.33. The van der Waals surface area contributed by atoms with E-state index in [1.807, 2.05) is 48.3 Å². The van der Waals surface area contributed by atoms with Crippen molar-refractivity contribution in [3.05, 3.63) is 87.4 Å². The number of methoxy groups -OCH3 is 1. The number of fused-ring (bicyclic) bond motifs is 2. The molecule has 5 rings (SSSR count). The number of aryl methyl sites for hydroxylation is 1. The number of ether oxygens (including phenoxy) is 2. The molecule has 9 heteroatoms.